The molecule has 0 aliphatic carbocycles. The largest absolute Gasteiger partial charge is 0.416 e. The van der Waals surface area contributed by atoms with Crippen molar-refractivity contribution in [3.63, 3.8) is 0 Å². The van der Waals surface area contributed by atoms with Gasteiger partial charge in [-0.2, -0.15) is 52.7 Å². The third-order valence-corrected chi connectivity index (χ3v) is 4.10. The molecular weight excluding hydrogens is 496 g/mol. The second-order valence-corrected chi connectivity index (χ2v) is 6.75. The van der Waals surface area contributed by atoms with Gasteiger partial charge in [-0.3, -0.25) is 4.79 Å². The third-order valence-electron chi connectivity index (χ3n) is 4.10. The lowest BCUT2D eigenvalue weighted by atomic mass is 10.0. The van der Waals surface area contributed by atoms with Gasteiger partial charge in [0, 0.05) is 0 Å². The van der Waals surface area contributed by atoms with Crippen LogP contribution in [0, 0.1) is 0 Å². The summed E-state index contributed by atoms with van der Waals surface area (Å²) in [4.78, 5) is 11.9. The lowest BCUT2D eigenvalue weighted by Crippen LogP contribution is -2.11. The maximum atomic E-state index is 12.8. The summed E-state index contributed by atoms with van der Waals surface area (Å²) in [6.45, 7) is 0. The van der Waals surface area contributed by atoms with Crippen LogP contribution < -0.4 is 0 Å². The zero-order chi connectivity index (χ0) is 26.1. The Morgan fingerprint density at radius 3 is 0.912 bits per heavy atom. The Balaban J connectivity index is 2.36. The van der Waals surface area contributed by atoms with Gasteiger partial charge in [-0.1, -0.05) is 12.2 Å². The Kier molecular flexibility index (Phi) is 7.29. The molecule has 34 heavy (non-hydrogen) atoms. The van der Waals surface area contributed by atoms with Crippen LogP contribution >= 0.6 is 0 Å². The molecule has 1 nitrogen and oxygen atoms in total. The number of allylic oxidation sites excluding steroid dienone is 2. The highest BCUT2D eigenvalue weighted by Gasteiger charge is 2.37. The minimum absolute atomic E-state index is 0.134. The number of rotatable bonds is 4. The molecule has 0 unspecified atom stereocenters. The highest BCUT2D eigenvalue weighted by molar-refractivity contribution is 6.04. The van der Waals surface area contributed by atoms with Gasteiger partial charge in [-0.15, -0.1) is 0 Å². The summed E-state index contributed by atoms with van der Waals surface area (Å²) in [5.41, 5.74) is -7.91. The van der Waals surface area contributed by atoms with Crippen molar-refractivity contribution in [3.8, 4) is 0 Å². The van der Waals surface area contributed by atoms with Crippen molar-refractivity contribution in [2.45, 2.75) is 24.7 Å². The number of carbonyl (C=O) groups excluding carboxylic acids is 1. The average molecular weight is 506 g/mol. The van der Waals surface area contributed by atoms with Crippen LogP contribution in [0.5, 0.6) is 0 Å². The van der Waals surface area contributed by atoms with E-state index in [1.54, 1.807) is 0 Å². The van der Waals surface area contributed by atoms with Crippen LogP contribution in [0.4, 0.5) is 52.7 Å². The van der Waals surface area contributed by atoms with Gasteiger partial charge < -0.3 is 0 Å². The lowest BCUT2D eigenvalue weighted by molar-refractivity contribution is -0.144. The third kappa shape index (κ3) is 7.39. The molecule has 2 rings (SSSR count). The number of carbonyl (C=O) groups is 1. The molecule has 0 bridgehead atoms. The number of halogens is 12. The van der Waals surface area contributed by atoms with E-state index in [0.29, 0.717) is 48.6 Å². The minimum atomic E-state index is -5.13. The summed E-state index contributed by atoms with van der Waals surface area (Å²) < 4.78 is 154. The van der Waals surface area contributed by atoms with E-state index >= 15 is 0 Å². The Hall–Kier alpha value is -3.25. The SMILES string of the molecule is O=C(/C=C/c1cc(C(F)(F)F)cc(C(F)(F)F)c1)/C=C/c1cc(C(F)(F)F)cc(C(F)(F)F)c1. The van der Waals surface area contributed by atoms with Crippen LogP contribution in [0.2, 0.25) is 0 Å². The molecule has 0 aromatic heterocycles. The molecule has 0 saturated heterocycles. The second-order valence-electron chi connectivity index (χ2n) is 6.75. The number of hydrogen-bond donors (Lipinski definition) is 0. The van der Waals surface area contributed by atoms with Crippen molar-refractivity contribution in [1.82, 2.24) is 0 Å². The van der Waals surface area contributed by atoms with E-state index in [-0.39, 0.29) is 12.1 Å². The Bertz CT molecular complexity index is 961. The molecule has 0 radical (unpaired) electrons. The van der Waals surface area contributed by atoms with Crippen LogP contribution in [-0.2, 0) is 29.5 Å². The topological polar surface area (TPSA) is 17.1 Å². The van der Waals surface area contributed by atoms with Crippen LogP contribution in [0.3, 0.4) is 0 Å². The number of hydrogen-bond acceptors (Lipinski definition) is 1. The molecule has 184 valence electrons. The zero-order valence-electron chi connectivity index (χ0n) is 16.2. The predicted molar refractivity (Wildman–Crippen MR) is 96.0 cm³/mol. The molecule has 0 fully saturated rings. The smallest absolute Gasteiger partial charge is 0.290 e. The van der Waals surface area contributed by atoms with Crippen LogP contribution in [0.15, 0.2) is 48.6 Å². The molecule has 0 aliphatic rings. The van der Waals surface area contributed by atoms with E-state index in [0.717, 1.165) is 0 Å². The summed E-state index contributed by atoms with van der Waals surface area (Å²) >= 11 is 0. The van der Waals surface area contributed by atoms with Crippen molar-refractivity contribution in [3.05, 3.63) is 81.9 Å². The molecule has 0 spiro atoms. The molecule has 0 N–H and O–H groups in total. The minimum Gasteiger partial charge on any atom is -0.290 e. The molecular formula is C21H10F12O. The van der Waals surface area contributed by atoms with Gasteiger partial charge in [0.1, 0.15) is 0 Å². The lowest BCUT2D eigenvalue weighted by Gasteiger charge is -2.13. The van der Waals surface area contributed by atoms with Gasteiger partial charge in [0.25, 0.3) is 0 Å². The quantitative estimate of drug-likeness (QED) is 0.303. The Morgan fingerprint density at radius 1 is 0.471 bits per heavy atom. The Morgan fingerprint density at radius 2 is 0.706 bits per heavy atom. The fraction of sp³-hybridized carbons (Fsp3) is 0.190. The summed E-state index contributed by atoms with van der Waals surface area (Å²) in [5.74, 6) is -1.13. The summed E-state index contributed by atoms with van der Waals surface area (Å²) in [6.07, 6.45) is -18.3. The summed E-state index contributed by atoms with van der Waals surface area (Å²) in [5, 5.41) is 0. The normalized spacial score (nSPS) is 13.8. The van der Waals surface area contributed by atoms with Crippen LogP contribution in [0.1, 0.15) is 33.4 Å². The predicted octanol–water partition coefficient (Wildman–Crippen LogP) is 8.06. The van der Waals surface area contributed by atoms with Crippen molar-refractivity contribution in [1.29, 1.82) is 0 Å². The molecule has 2 aromatic rings. The number of alkyl halides is 12. The first-order valence-corrected chi connectivity index (χ1v) is 8.76. The van der Waals surface area contributed by atoms with E-state index in [2.05, 4.69) is 0 Å². The standard InChI is InChI=1S/C21H10F12O/c22-18(23,24)13-5-11(6-14(9-13)19(25,26)27)1-3-17(34)4-2-12-7-15(20(28,29)30)10-16(8-12)21(31,32)33/h1-10H/b3-1+,4-2+. The maximum absolute atomic E-state index is 12.8. The average Bonchev–Trinajstić information content (AvgIpc) is 2.67. The molecule has 0 saturated carbocycles. The first-order chi connectivity index (χ1) is 15.3. The van der Waals surface area contributed by atoms with Gasteiger partial charge in [-0.25, -0.2) is 0 Å². The zero-order valence-corrected chi connectivity index (χ0v) is 16.2. The molecule has 13 heteroatoms. The van der Waals surface area contributed by atoms with Gasteiger partial charge in [0.15, 0.2) is 5.78 Å². The summed E-state index contributed by atoms with van der Waals surface area (Å²) in [6, 6.07) is 1.03. The number of ketones is 1. The van der Waals surface area contributed by atoms with E-state index in [1.807, 2.05) is 0 Å². The monoisotopic (exact) mass is 506 g/mol. The maximum Gasteiger partial charge on any atom is 0.416 e. The van der Waals surface area contributed by atoms with Crippen molar-refractivity contribution >= 4 is 17.9 Å². The van der Waals surface area contributed by atoms with Crippen molar-refractivity contribution in [2.75, 3.05) is 0 Å². The van der Waals surface area contributed by atoms with Crippen LogP contribution in [-0.4, -0.2) is 5.78 Å². The van der Waals surface area contributed by atoms with Crippen molar-refractivity contribution in [2.24, 2.45) is 0 Å². The highest BCUT2D eigenvalue weighted by atomic mass is 19.4. The fourth-order valence-electron chi connectivity index (χ4n) is 2.56. The van der Waals surface area contributed by atoms with E-state index in [9.17, 15) is 57.5 Å². The fourth-order valence-corrected chi connectivity index (χ4v) is 2.56. The van der Waals surface area contributed by atoms with E-state index < -0.39 is 63.9 Å². The van der Waals surface area contributed by atoms with Crippen LogP contribution in [0.25, 0.3) is 12.2 Å². The molecule has 0 atom stereocenters. The summed E-state index contributed by atoms with van der Waals surface area (Å²) in [7, 11) is 0. The van der Waals surface area contributed by atoms with Gasteiger partial charge >= 0.3 is 24.7 Å². The first-order valence-electron chi connectivity index (χ1n) is 8.76. The van der Waals surface area contributed by atoms with Gasteiger partial charge in [-0.05, 0) is 59.7 Å². The molecule has 0 aliphatic heterocycles. The first kappa shape index (κ1) is 27.0. The van der Waals surface area contributed by atoms with E-state index in [4.69, 9.17) is 0 Å². The molecule has 0 amide bonds. The Labute approximate surface area is 183 Å². The number of benzene rings is 2. The molecule has 2 aromatic carbocycles. The highest BCUT2D eigenvalue weighted by Crippen LogP contribution is 2.38. The van der Waals surface area contributed by atoms with Gasteiger partial charge in [0.05, 0.1) is 22.3 Å². The second kappa shape index (κ2) is 9.18. The van der Waals surface area contributed by atoms with E-state index in [1.165, 1.54) is 0 Å². The van der Waals surface area contributed by atoms with Crippen molar-refractivity contribution < 1.29 is 57.5 Å². The molecule has 0 heterocycles. The van der Waals surface area contributed by atoms with Gasteiger partial charge in [0.2, 0.25) is 0 Å².